The molecule has 1 atom stereocenters. The van der Waals surface area contributed by atoms with Crippen molar-refractivity contribution >= 4 is 27.7 Å². The van der Waals surface area contributed by atoms with E-state index in [9.17, 15) is 9.59 Å². The molecule has 0 fully saturated rings. The molecule has 0 aliphatic rings. The molecule has 1 unspecified atom stereocenters. The van der Waals surface area contributed by atoms with Crippen LogP contribution in [-0.2, 0) is 9.53 Å². The lowest BCUT2D eigenvalue weighted by atomic mass is 10.1. The Morgan fingerprint density at radius 2 is 1.89 bits per heavy atom. The number of Topliss-reactive ketones (excluding diaryl/α,β-unsaturated/α-hetero) is 1. The normalized spacial score (nSPS) is 11.7. The highest BCUT2D eigenvalue weighted by Gasteiger charge is 2.11. The van der Waals surface area contributed by atoms with Gasteiger partial charge in [0.1, 0.15) is 5.75 Å². The van der Waals surface area contributed by atoms with Crippen molar-refractivity contribution in [2.45, 2.75) is 18.7 Å². The molecule has 0 aliphatic carbocycles. The Bertz CT molecular complexity index is 412. The van der Waals surface area contributed by atoms with Gasteiger partial charge in [-0.05, 0) is 38.1 Å². The van der Waals surface area contributed by atoms with Crippen molar-refractivity contribution in [2.75, 3.05) is 13.2 Å². The number of carbonyl (C=O) groups excluding carboxylic acids is 2. The van der Waals surface area contributed by atoms with Crippen molar-refractivity contribution in [3.8, 4) is 5.75 Å². The van der Waals surface area contributed by atoms with Crippen LogP contribution in [0.15, 0.2) is 24.3 Å². The fraction of sp³-hybridized carbons (Fsp3) is 0.385. The predicted octanol–water partition coefficient (Wildman–Crippen LogP) is 2.59. The van der Waals surface area contributed by atoms with Gasteiger partial charge in [-0.1, -0.05) is 15.9 Å². The van der Waals surface area contributed by atoms with Crippen molar-refractivity contribution in [3.63, 3.8) is 0 Å². The van der Waals surface area contributed by atoms with Gasteiger partial charge in [-0.3, -0.25) is 4.79 Å². The van der Waals surface area contributed by atoms with Gasteiger partial charge in [-0.2, -0.15) is 0 Å². The predicted molar refractivity (Wildman–Crippen MR) is 71.3 cm³/mol. The van der Waals surface area contributed by atoms with Gasteiger partial charge in [0.15, 0.2) is 12.4 Å². The SMILES string of the molecule is CCOC(=O)COc1ccc(C(=O)C(C)Br)cc1. The zero-order valence-corrected chi connectivity index (χ0v) is 11.9. The molecule has 0 radical (unpaired) electrons. The summed E-state index contributed by atoms with van der Waals surface area (Å²) in [6, 6.07) is 6.64. The number of ketones is 1. The summed E-state index contributed by atoms with van der Waals surface area (Å²) in [4.78, 5) is 22.5. The molecule has 0 aromatic heterocycles. The molecule has 0 saturated heterocycles. The third kappa shape index (κ3) is 4.49. The molecular formula is C13H15BrO4. The van der Waals surface area contributed by atoms with E-state index in [1.165, 1.54) is 0 Å². The van der Waals surface area contributed by atoms with Crippen LogP contribution in [-0.4, -0.2) is 29.8 Å². The zero-order chi connectivity index (χ0) is 13.5. The molecular weight excluding hydrogens is 300 g/mol. The Balaban J connectivity index is 2.55. The first-order chi connectivity index (χ1) is 8.54. The molecule has 0 heterocycles. The van der Waals surface area contributed by atoms with Gasteiger partial charge in [-0.15, -0.1) is 0 Å². The summed E-state index contributed by atoms with van der Waals surface area (Å²) in [5.74, 6) is 0.125. The number of esters is 1. The van der Waals surface area contributed by atoms with Crippen LogP contribution in [0.5, 0.6) is 5.75 Å². The number of hydrogen-bond acceptors (Lipinski definition) is 4. The van der Waals surface area contributed by atoms with Crippen molar-refractivity contribution in [1.29, 1.82) is 0 Å². The summed E-state index contributed by atoms with van der Waals surface area (Å²) in [6.45, 7) is 3.71. The molecule has 1 aromatic carbocycles. The number of alkyl halides is 1. The first-order valence-electron chi connectivity index (χ1n) is 5.61. The Morgan fingerprint density at radius 3 is 2.39 bits per heavy atom. The van der Waals surface area contributed by atoms with Gasteiger partial charge in [0, 0.05) is 5.56 Å². The molecule has 4 nitrogen and oxygen atoms in total. The highest BCUT2D eigenvalue weighted by molar-refractivity contribution is 9.10. The molecule has 0 spiro atoms. The van der Waals surface area contributed by atoms with Crippen LogP contribution < -0.4 is 4.74 Å². The lowest BCUT2D eigenvalue weighted by Crippen LogP contribution is -2.14. The molecule has 0 aliphatic heterocycles. The van der Waals surface area contributed by atoms with E-state index in [2.05, 4.69) is 15.9 Å². The van der Waals surface area contributed by atoms with Gasteiger partial charge in [0.25, 0.3) is 0 Å². The number of rotatable bonds is 6. The van der Waals surface area contributed by atoms with Gasteiger partial charge < -0.3 is 9.47 Å². The maximum absolute atomic E-state index is 11.6. The fourth-order valence-electron chi connectivity index (χ4n) is 1.29. The smallest absolute Gasteiger partial charge is 0.344 e. The quantitative estimate of drug-likeness (QED) is 0.460. The van der Waals surface area contributed by atoms with E-state index in [1.54, 1.807) is 38.1 Å². The van der Waals surface area contributed by atoms with Crippen molar-refractivity contribution in [3.05, 3.63) is 29.8 Å². The standard InChI is InChI=1S/C13H15BrO4/c1-3-17-12(15)8-18-11-6-4-10(5-7-11)13(16)9(2)14/h4-7,9H,3,8H2,1-2H3. The maximum atomic E-state index is 11.6. The summed E-state index contributed by atoms with van der Waals surface area (Å²) in [5.41, 5.74) is 0.600. The van der Waals surface area contributed by atoms with E-state index in [-0.39, 0.29) is 17.2 Å². The Hall–Kier alpha value is -1.36. The summed E-state index contributed by atoms with van der Waals surface area (Å²) in [5, 5.41) is 0. The molecule has 18 heavy (non-hydrogen) atoms. The van der Waals surface area contributed by atoms with Gasteiger partial charge in [-0.25, -0.2) is 4.79 Å². The molecule has 1 rings (SSSR count). The number of hydrogen-bond donors (Lipinski definition) is 0. The fourth-order valence-corrected chi connectivity index (χ4v) is 1.55. The Labute approximate surface area is 114 Å². The summed E-state index contributed by atoms with van der Waals surface area (Å²) in [6.07, 6.45) is 0. The minimum absolute atomic E-state index is 0.00643. The largest absolute Gasteiger partial charge is 0.482 e. The van der Waals surface area contributed by atoms with Crippen LogP contribution in [0.3, 0.4) is 0 Å². The minimum atomic E-state index is -0.410. The van der Waals surface area contributed by atoms with Crippen LogP contribution in [0.4, 0.5) is 0 Å². The number of ether oxygens (including phenoxy) is 2. The van der Waals surface area contributed by atoms with E-state index in [4.69, 9.17) is 9.47 Å². The zero-order valence-electron chi connectivity index (χ0n) is 10.3. The topological polar surface area (TPSA) is 52.6 Å². The maximum Gasteiger partial charge on any atom is 0.344 e. The second-order valence-electron chi connectivity index (χ2n) is 3.60. The third-order valence-corrected chi connectivity index (χ3v) is 2.58. The lowest BCUT2D eigenvalue weighted by molar-refractivity contribution is -0.145. The highest BCUT2D eigenvalue weighted by atomic mass is 79.9. The van der Waals surface area contributed by atoms with Crippen LogP contribution >= 0.6 is 15.9 Å². The summed E-state index contributed by atoms with van der Waals surface area (Å²) < 4.78 is 9.95. The first kappa shape index (κ1) is 14.7. The average molecular weight is 315 g/mol. The van der Waals surface area contributed by atoms with Crippen molar-refractivity contribution in [2.24, 2.45) is 0 Å². The second kappa shape index (κ2) is 7.16. The molecule has 0 bridgehead atoms. The third-order valence-electron chi connectivity index (χ3n) is 2.16. The second-order valence-corrected chi connectivity index (χ2v) is 4.97. The molecule has 98 valence electrons. The first-order valence-corrected chi connectivity index (χ1v) is 6.53. The summed E-state index contributed by atoms with van der Waals surface area (Å²) in [7, 11) is 0. The highest BCUT2D eigenvalue weighted by Crippen LogP contribution is 2.15. The van der Waals surface area contributed by atoms with Crippen molar-refractivity contribution < 1.29 is 19.1 Å². The van der Waals surface area contributed by atoms with Crippen LogP contribution in [0.1, 0.15) is 24.2 Å². The average Bonchev–Trinajstić information content (AvgIpc) is 2.36. The molecule has 0 saturated carbocycles. The van der Waals surface area contributed by atoms with E-state index < -0.39 is 5.97 Å². The molecule has 0 amide bonds. The van der Waals surface area contributed by atoms with Crippen LogP contribution in [0.25, 0.3) is 0 Å². The summed E-state index contributed by atoms with van der Waals surface area (Å²) >= 11 is 3.22. The minimum Gasteiger partial charge on any atom is -0.482 e. The molecule has 5 heteroatoms. The molecule has 0 N–H and O–H groups in total. The Morgan fingerprint density at radius 1 is 1.28 bits per heavy atom. The van der Waals surface area contributed by atoms with Gasteiger partial charge >= 0.3 is 5.97 Å². The van der Waals surface area contributed by atoms with E-state index in [0.717, 1.165) is 0 Å². The van der Waals surface area contributed by atoms with Crippen LogP contribution in [0, 0.1) is 0 Å². The van der Waals surface area contributed by atoms with E-state index in [1.807, 2.05) is 0 Å². The number of benzene rings is 1. The monoisotopic (exact) mass is 314 g/mol. The van der Waals surface area contributed by atoms with Gasteiger partial charge in [0.05, 0.1) is 11.4 Å². The molecule has 1 aromatic rings. The Kier molecular flexibility index (Phi) is 5.85. The van der Waals surface area contributed by atoms with Gasteiger partial charge in [0.2, 0.25) is 0 Å². The van der Waals surface area contributed by atoms with E-state index >= 15 is 0 Å². The van der Waals surface area contributed by atoms with Crippen molar-refractivity contribution in [1.82, 2.24) is 0 Å². The number of carbonyl (C=O) groups is 2. The van der Waals surface area contributed by atoms with E-state index in [0.29, 0.717) is 17.9 Å². The lowest BCUT2D eigenvalue weighted by Gasteiger charge is -2.07. The number of halogens is 1. The van der Waals surface area contributed by atoms with Crippen LogP contribution in [0.2, 0.25) is 0 Å².